The van der Waals surface area contributed by atoms with Crippen molar-refractivity contribution < 1.29 is 9.53 Å². The minimum absolute atomic E-state index is 0.0168. The number of likely N-dealkylation sites (N-methyl/N-ethyl adjacent to an activating group) is 1. The number of carbonyl (C=O) groups is 1. The molecule has 4 nitrogen and oxygen atoms in total. The summed E-state index contributed by atoms with van der Waals surface area (Å²) in [6.07, 6.45) is 1.48. The molecule has 0 fully saturated rings. The quantitative estimate of drug-likeness (QED) is 0.595. The largest absolute Gasteiger partial charge is 0.372 e. The molecule has 0 radical (unpaired) electrons. The van der Waals surface area contributed by atoms with E-state index in [9.17, 15) is 4.79 Å². The van der Waals surface area contributed by atoms with Crippen molar-refractivity contribution in [2.75, 3.05) is 20.7 Å². The predicted molar refractivity (Wildman–Crippen MR) is 84.7 cm³/mol. The fourth-order valence-corrected chi connectivity index (χ4v) is 1.90. The van der Waals surface area contributed by atoms with E-state index in [2.05, 4.69) is 41.5 Å². The molecular weight excluding hydrogens is 264 g/mol. The molecule has 0 saturated carbocycles. The molecule has 21 heavy (non-hydrogen) atoms. The van der Waals surface area contributed by atoms with Gasteiger partial charge in [0.05, 0.1) is 6.10 Å². The van der Waals surface area contributed by atoms with Gasteiger partial charge in [0.25, 0.3) is 5.91 Å². The van der Waals surface area contributed by atoms with Crippen LogP contribution in [-0.4, -0.2) is 32.7 Å². The van der Waals surface area contributed by atoms with Gasteiger partial charge < -0.3 is 15.4 Å². The molecule has 0 aliphatic heterocycles. The molecule has 0 aromatic heterocycles. The molecule has 0 aliphatic rings. The van der Waals surface area contributed by atoms with Gasteiger partial charge in [0, 0.05) is 26.1 Å². The topological polar surface area (TPSA) is 50.4 Å². The Hall–Kier alpha value is -1.83. The lowest BCUT2D eigenvalue weighted by molar-refractivity contribution is -0.115. The molecule has 2 atom stereocenters. The first-order chi connectivity index (χ1) is 10.2. The molecule has 0 heterocycles. The van der Waals surface area contributed by atoms with Gasteiger partial charge in [-0.15, -0.1) is 0 Å². The Kier molecular flexibility index (Phi) is 8.18. The van der Waals surface area contributed by atoms with Crippen LogP contribution in [0.4, 0.5) is 0 Å². The number of carbonyl (C=O) groups excluding carboxylic acids is 1. The highest BCUT2D eigenvalue weighted by Crippen LogP contribution is 2.21. The fraction of sp³-hybridized carbons (Fsp3) is 0.471. The van der Waals surface area contributed by atoms with Crippen LogP contribution < -0.4 is 10.6 Å². The normalized spacial score (nSPS) is 12.9. The van der Waals surface area contributed by atoms with Crippen LogP contribution in [0.5, 0.6) is 0 Å². The van der Waals surface area contributed by atoms with Crippen LogP contribution in [0.1, 0.15) is 31.4 Å². The van der Waals surface area contributed by atoms with Crippen LogP contribution in [0.3, 0.4) is 0 Å². The maximum atomic E-state index is 10.9. The van der Waals surface area contributed by atoms with E-state index in [1.807, 2.05) is 25.2 Å². The second-order valence-electron chi connectivity index (χ2n) is 4.76. The van der Waals surface area contributed by atoms with Crippen molar-refractivity contribution in [2.24, 2.45) is 0 Å². The molecule has 2 N–H and O–H groups in total. The van der Waals surface area contributed by atoms with Crippen LogP contribution in [0, 0.1) is 11.8 Å². The lowest BCUT2D eigenvalue weighted by Gasteiger charge is -2.24. The number of ether oxygens (including phenoxy) is 1. The highest BCUT2D eigenvalue weighted by molar-refractivity contribution is 5.93. The van der Waals surface area contributed by atoms with Gasteiger partial charge in [0.2, 0.25) is 0 Å². The summed E-state index contributed by atoms with van der Waals surface area (Å²) < 4.78 is 5.98. The van der Waals surface area contributed by atoms with Crippen LogP contribution in [-0.2, 0) is 9.53 Å². The van der Waals surface area contributed by atoms with Crippen molar-refractivity contribution in [3.8, 4) is 11.8 Å². The van der Waals surface area contributed by atoms with Gasteiger partial charge in [-0.1, -0.05) is 36.3 Å². The van der Waals surface area contributed by atoms with E-state index in [-0.39, 0.29) is 18.1 Å². The minimum atomic E-state index is -0.248. The average Bonchev–Trinajstić information content (AvgIpc) is 2.54. The molecule has 1 rings (SSSR count). The standard InChI is InChI=1S/C17H24N2O2/c1-14(18-2)17(15-10-6-4-7-11-15)21-13-9-5-8-12-16(20)19-3/h4,6-7,10-11,14,17-18H,5,9,13H2,1-3H3,(H,19,20). The third-order valence-corrected chi connectivity index (χ3v) is 3.21. The third-order valence-electron chi connectivity index (χ3n) is 3.21. The maximum absolute atomic E-state index is 10.9. The van der Waals surface area contributed by atoms with Gasteiger partial charge in [-0.25, -0.2) is 0 Å². The zero-order valence-electron chi connectivity index (χ0n) is 13.0. The lowest BCUT2D eigenvalue weighted by Crippen LogP contribution is -2.30. The molecule has 0 spiro atoms. The fourth-order valence-electron chi connectivity index (χ4n) is 1.90. The van der Waals surface area contributed by atoms with E-state index in [0.29, 0.717) is 13.0 Å². The molecule has 0 bridgehead atoms. The number of rotatable bonds is 7. The zero-order valence-corrected chi connectivity index (χ0v) is 13.0. The molecule has 0 saturated heterocycles. The van der Waals surface area contributed by atoms with E-state index < -0.39 is 0 Å². The zero-order chi connectivity index (χ0) is 15.5. The SMILES string of the molecule is CNC(=O)C#CCCCOC(c1ccccc1)C(C)NC. The Morgan fingerprint density at radius 3 is 2.62 bits per heavy atom. The first-order valence-electron chi connectivity index (χ1n) is 7.23. The van der Waals surface area contributed by atoms with E-state index in [4.69, 9.17) is 4.74 Å². The van der Waals surface area contributed by atoms with E-state index >= 15 is 0 Å². The molecular formula is C17H24N2O2. The first-order valence-corrected chi connectivity index (χ1v) is 7.23. The van der Waals surface area contributed by atoms with E-state index in [0.717, 1.165) is 12.0 Å². The first kappa shape index (κ1) is 17.2. The van der Waals surface area contributed by atoms with Crippen LogP contribution in [0.2, 0.25) is 0 Å². The Bertz CT molecular complexity index is 477. The monoisotopic (exact) mass is 288 g/mol. The minimum Gasteiger partial charge on any atom is -0.372 e. The smallest absolute Gasteiger partial charge is 0.295 e. The van der Waals surface area contributed by atoms with Gasteiger partial charge in [0.1, 0.15) is 0 Å². The van der Waals surface area contributed by atoms with Gasteiger partial charge >= 0.3 is 0 Å². The maximum Gasteiger partial charge on any atom is 0.295 e. The second kappa shape index (κ2) is 9.98. The molecule has 1 aromatic carbocycles. The highest BCUT2D eigenvalue weighted by atomic mass is 16.5. The van der Waals surface area contributed by atoms with Crippen molar-refractivity contribution in [3.63, 3.8) is 0 Å². The summed E-state index contributed by atoms with van der Waals surface area (Å²) in [5.41, 5.74) is 1.16. The summed E-state index contributed by atoms with van der Waals surface area (Å²) in [6.45, 7) is 2.72. The Morgan fingerprint density at radius 1 is 1.29 bits per heavy atom. The van der Waals surface area contributed by atoms with Crippen molar-refractivity contribution in [2.45, 2.75) is 31.9 Å². The molecule has 114 valence electrons. The summed E-state index contributed by atoms with van der Waals surface area (Å²) in [6, 6.07) is 10.4. The lowest BCUT2D eigenvalue weighted by atomic mass is 10.0. The summed E-state index contributed by atoms with van der Waals surface area (Å²) in [5.74, 6) is 5.11. The van der Waals surface area contributed by atoms with Gasteiger partial charge in [-0.2, -0.15) is 0 Å². The summed E-state index contributed by atoms with van der Waals surface area (Å²) in [4.78, 5) is 10.9. The number of hydrogen-bond donors (Lipinski definition) is 2. The number of nitrogens with one attached hydrogen (secondary N) is 2. The summed E-state index contributed by atoms with van der Waals surface area (Å²) in [5, 5.41) is 5.70. The number of benzene rings is 1. The Labute approximate surface area is 127 Å². The van der Waals surface area contributed by atoms with Gasteiger partial charge in [-0.3, -0.25) is 4.79 Å². The Balaban J connectivity index is 2.44. The van der Waals surface area contributed by atoms with E-state index in [1.165, 1.54) is 0 Å². The van der Waals surface area contributed by atoms with Crippen LogP contribution in [0.15, 0.2) is 30.3 Å². The highest BCUT2D eigenvalue weighted by Gasteiger charge is 2.17. The average molecular weight is 288 g/mol. The van der Waals surface area contributed by atoms with Gasteiger partial charge in [0.15, 0.2) is 0 Å². The Morgan fingerprint density at radius 2 is 2.00 bits per heavy atom. The number of unbranched alkanes of at least 4 members (excludes halogenated alkanes) is 1. The van der Waals surface area contributed by atoms with E-state index in [1.54, 1.807) is 7.05 Å². The third kappa shape index (κ3) is 6.44. The van der Waals surface area contributed by atoms with Crippen LogP contribution in [0.25, 0.3) is 0 Å². The molecule has 1 amide bonds. The second-order valence-corrected chi connectivity index (χ2v) is 4.76. The molecule has 2 unspecified atom stereocenters. The molecule has 4 heteroatoms. The van der Waals surface area contributed by atoms with Crippen LogP contribution >= 0.6 is 0 Å². The van der Waals surface area contributed by atoms with Crippen molar-refractivity contribution >= 4 is 5.91 Å². The summed E-state index contributed by atoms with van der Waals surface area (Å²) >= 11 is 0. The number of hydrogen-bond acceptors (Lipinski definition) is 3. The van der Waals surface area contributed by atoms with Crippen molar-refractivity contribution in [1.82, 2.24) is 10.6 Å². The predicted octanol–water partition coefficient (Wildman–Crippen LogP) is 1.88. The molecule has 1 aromatic rings. The van der Waals surface area contributed by atoms with Crippen molar-refractivity contribution in [1.29, 1.82) is 0 Å². The summed E-state index contributed by atoms with van der Waals surface area (Å²) in [7, 11) is 3.50. The van der Waals surface area contributed by atoms with Crippen molar-refractivity contribution in [3.05, 3.63) is 35.9 Å². The number of amides is 1. The van der Waals surface area contributed by atoms with Gasteiger partial charge in [-0.05, 0) is 31.9 Å². The molecule has 0 aliphatic carbocycles.